The Morgan fingerprint density at radius 3 is 2.72 bits per heavy atom. The van der Waals surface area contributed by atoms with Gasteiger partial charge in [-0.15, -0.1) is 0 Å². The van der Waals surface area contributed by atoms with E-state index < -0.39 is 0 Å². The minimum absolute atomic E-state index is 0.493. The molecule has 0 atom stereocenters. The Hall–Kier alpha value is -2.47. The number of nitrogens with one attached hydrogen (secondary N) is 2. The zero-order valence-corrected chi connectivity index (χ0v) is 15.4. The summed E-state index contributed by atoms with van der Waals surface area (Å²) in [7, 11) is 0. The molecule has 1 saturated carbocycles. The first-order valence-corrected chi connectivity index (χ1v) is 9.06. The van der Waals surface area contributed by atoms with Gasteiger partial charge in [0.05, 0.1) is 5.69 Å². The van der Waals surface area contributed by atoms with Crippen LogP contribution >= 0.6 is 15.9 Å². The smallest absolute Gasteiger partial charge is 0.225 e. The largest absolute Gasteiger partial charge is 0.351 e. The van der Waals surface area contributed by atoms with Gasteiger partial charge in [0.15, 0.2) is 0 Å². The molecule has 2 heterocycles. The molecule has 0 saturated heterocycles. The van der Waals surface area contributed by atoms with Crippen LogP contribution in [-0.2, 0) is 0 Å². The van der Waals surface area contributed by atoms with E-state index in [0.717, 1.165) is 27.2 Å². The highest BCUT2D eigenvalue weighted by Crippen LogP contribution is 2.28. The molecule has 5 nitrogen and oxygen atoms in total. The maximum Gasteiger partial charge on any atom is 0.225 e. The van der Waals surface area contributed by atoms with Crippen molar-refractivity contribution >= 4 is 33.4 Å². The summed E-state index contributed by atoms with van der Waals surface area (Å²) in [5.74, 6) is 1.42. The van der Waals surface area contributed by atoms with Crippen molar-refractivity contribution in [1.82, 2.24) is 15.0 Å². The van der Waals surface area contributed by atoms with Gasteiger partial charge < -0.3 is 10.6 Å². The number of aromatic nitrogens is 3. The van der Waals surface area contributed by atoms with Gasteiger partial charge in [-0.2, -0.15) is 4.98 Å². The number of hydrogen-bond donors (Lipinski definition) is 2. The molecule has 1 aliphatic rings. The van der Waals surface area contributed by atoms with E-state index in [-0.39, 0.29) is 0 Å². The van der Waals surface area contributed by atoms with Crippen molar-refractivity contribution < 1.29 is 0 Å². The third kappa shape index (κ3) is 3.96. The van der Waals surface area contributed by atoms with Crippen LogP contribution in [0, 0.1) is 6.92 Å². The fourth-order valence-corrected chi connectivity index (χ4v) is 2.77. The standard InChI is InChI=1S/C19H18BrN5/c1-12-9-15(6-7-16(12)20)22-18-10-17(13-3-2-8-21-11-13)24-19(25-18)23-14-4-5-14/h2-3,6-11,14H,4-5H2,1H3,(H2,22,23,24,25). The highest BCUT2D eigenvalue weighted by atomic mass is 79.9. The molecule has 0 spiro atoms. The van der Waals surface area contributed by atoms with Gasteiger partial charge in [0.1, 0.15) is 5.82 Å². The quantitative estimate of drug-likeness (QED) is 0.641. The maximum atomic E-state index is 4.65. The number of benzene rings is 1. The second-order valence-electron chi connectivity index (χ2n) is 6.21. The van der Waals surface area contributed by atoms with E-state index >= 15 is 0 Å². The zero-order chi connectivity index (χ0) is 17.2. The minimum Gasteiger partial charge on any atom is -0.351 e. The lowest BCUT2D eigenvalue weighted by atomic mass is 10.2. The van der Waals surface area contributed by atoms with Crippen LogP contribution in [0.15, 0.2) is 53.3 Å². The van der Waals surface area contributed by atoms with Crippen LogP contribution in [0.3, 0.4) is 0 Å². The van der Waals surface area contributed by atoms with Gasteiger partial charge in [0.25, 0.3) is 0 Å². The summed E-state index contributed by atoms with van der Waals surface area (Å²) in [6.45, 7) is 2.07. The average molecular weight is 396 g/mol. The maximum absolute atomic E-state index is 4.65. The van der Waals surface area contributed by atoms with Crippen LogP contribution in [0.2, 0.25) is 0 Å². The molecule has 0 unspecified atom stereocenters. The van der Waals surface area contributed by atoms with Crippen LogP contribution in [0.5, 0.6) is 0 Å². The minimum atomic E-state index is 0.493. The van der Waals surface area contributed by atoms with Gasteiger partial charge >= 0.3 is 0 Å². The van der Waals surface area contributed by atoms with Gasteiger partial charge in [-0.1, -0.05) is 15.9 Å². The van der Waals surface area contributed by atoms with Gasteiger partial charge in [0.2, 0.25) is 5.95 Å². The SMILES string of the molecule is Cc1cc(Nc2cc(-c3cccnc3)nc(NC3CC3)n2)ccc1Br. The molecule has 4 rings (SSSR count). The third-order valence-corrected chi connectivity index (χ3v) is 4.91. The lowest BCUT2D eigenvalue weighted by Crippen LogP contribution is -2.07. The summed E-state index contributed by atoms with van der Waals surface area (Å²) in [4.78, 5) is 13.5. The molecule has 1 fully saturated rings. The Bertz CT molecular complexity index is 894. The van der Waals surface area contributed by atoms with Crippen molar-refractivity contribution in [2.75, 3.05) is 10.6 Å². The van der Waals surface area contributed by atoms with E-state index in [0.29, 0.717) is 12.0 Å². The third-order valence-electron chi connectivity index (χ3n) is 4.02. The van der Waals surface area contributed by atoms with Crippen LogP contribution in [0.25, 0.3) is 11.3 Å². The lowest BCUT2D eigenvalue weighted by molar-refractivity contribution is 1.06. The molecule has 0 aliphatic heterocycles. The summed E-state index contributed by atoms with van der Waals surface area (Å²) < 4.78 is 1.09. The molecule has 0 bridgehead atoms. The Morgan fingerprint density at radius 2 is 2.00 bits per heavy atom. The van der Waals surface area contributed by atoms with Gasteiger partial charge in [-0.3, -0.25) is 4.98 Å². The fourth-order valence-electron chi connectivity index (χ4n) is 2.52. The van der Waals surface area contributed by atoms with E-state index in [9.17, 15) is 0 Å². The van der Waals surface area contributed by atoms with Crippen molar-refractivity contribution in [3.8, 4) is 11.3 Å². The fraction of sp³-hybridized carbons (Fsp3) is 0.211. The molecule has 1 aromatic carbocycles. The van der Waals surface area contributed by atoms with E-state index in [2.05, 4.69) is 54.5 Å². The monoisotopic (exact) mass is 395 g/mol. The first kappa shape index (κ1) is 16.0. The topological polar surface area (TPSA) is 62.7 Å². The Morgan fingerprint density at radius 1 is 1.12 bits per heavy atom. The predicted molar refractivity (Wildman–Crippen MR) is 104 cm³/mol. The zero-order valence-electron chi connectivity index (χ0n) is 13.8. The van der Waals surface area contributed by atoms with E-state index in [1.807, 2.05) is 36.5 Å². The van der Waals surface area contributed by atoms with Crippen molar-refractivity contribution in [2.24, 2.45) is 0 Å². The second kappa shape index (κ2) is 6.80. The number of hydrogen-bond acceptors (Lipinski definition) is 5. The van der Waals surface area contributed by atoms with Crippen molar-refractivity contribution in [2.45, 2.75) is 25.8 Å². The summed E-state index contributed by atoms with van der Waals surface area (Å²) in [5.41, 5.74) is 3.98. The summed E-state index contributed by atoms with van der Waals surface area (Å²) in [5, 5.41) is 6.77. The first-order chi connectivity index (χ1) is 12.2. The highest BCUT2D eigenvalue weighted by Gasteiger charge is 2.22. The molecule has 2 N–H and O–H groups in total. The van der Waals surface area contributed by atoms with Crippen LogP contribution in [0.4, 0.5) is 17.5 Å². The van der Waals surface area contributed by atoms with Gasteiger partial charge in [0, 0.05) is 40.2 Å². The number of anilines is 3. The number of aryl methyl sites for hydroxylation is 1. The predicted octanol–water partition coefficient (Wildman–Crippen LogP) is 4.93. The van der Waals surface area contributed by atoms with Crippen LogP contribution < -0.4 is 10.6 Å². The molecule has 126 valence electrons. The van der Waals surface area contributed by atoms with Gasteiger partial charge in [-0.25, -0.2) is 4.98 Å². The molecule has 0 amide bonds. The molecule has 6 heteroatoms. The molecular weight excluding hydrogens is 378 g/mol. The first-order valence-electron chi connectivity index (χ1n) is 8.26. The van der Waals surface area contributed by atoms with Crippen LogP contribution in [-0.4, -0.2) is 21.0 Å². The van der Waals surface area contributed by atoms with E-state index in [1.165, 1.54) is 18.4 Å². The van der Waals surface area contributed by atoms with Crippen molar-refractivity contribution in [1.29, 1.82) is 0 Å². The number of halogens is 1. The van der Waals surface area contributed by atoms with Crippen LogP contribution in [0.1, 0.15) is 18.4 Å². The molecule has 3 aromatic rings. The van der Waals surface area contributed by atoms with Gasteiger partial charge in [-0.05, 0) is 55.7 Å². The molecule has 2 aromatic heterocycles. The number of pyridine rings is 1. The number of rotatable bonds is 5. The second-order valence-corrected chi connectivity index (χ2v) is 7.07. The normalized spacial score (nSPS) is 13.5. The Balaban J connectivity index is 1.68. The Labute approximate surface area is 155 Å². The van der Waals surface area contributed by atoms with Crippen molar-refractivity contribution in [3.63, 3.8) is 0 Å². The molecular formula is C19H18BrN5. The average Bonchev–Trinajstić information content (AvgIpc) is 3.43. The summed E-state index contributed by atoms with van der Waals surface area (Å²) in [6, 6.07) is 12.5. The van der Waals surface area contributed by atoms with E-state index in [1.54, 1.807) is 6.20 Å². The summed E-state index contributed by atoms with van der Waals surface area (Å²) in [6.07, 6.45) is 5.93. The lowest BCUT2D eigenvalue weighted by Gasteiger charge is -2.12. The van der Waals surface area contributed by atoms with E-state index in [4.69, 9.17) is 0 Å². The molecule has 25 heavy (non-hydrogen) atoms. The summed E-state index contributed by atoms with van der Waals surface area (Å²) >= 11 is 3.53. The number of nitrogens with zero attached hydrogens (tertiary/aromatic N) is 3. The molecule has 1 aliphatic carbocycles. The highest BCUT2D eigenvalue weighted by molar-refractivity contribution is 9.10. The van der Waals surface area contributed by atoms with Crippen molar-refractivity contribution in [3.05, 3.63) is 58.8 Å². The molecule has 0 radical (unpaired) electrons. The Kier molecular flexibility index (Phi) is 4.36.